The van der Waals surface area contributed by atoms with Crippen LogP contribution in [0.3, 0.4) is 0 Å². The topological polar surface area (TPSA) is 94.1 Å². The van der Waals surface area contributed by atoms with Crippen LogP contribution in [0.5, 0.6) is 0 Å². The lowest BCUT2D eigenvalue weighted by Crippen LogP contribution is -2.55. The maximum atomic E-state index is 13.8. The summed E-state index contributed by atoms with van der Waals surface area (Å²) in [4.78, 5) is 24.7. The van der Waals surface area contributed by atoms with Gasteiger partial charge in [0.25, 0.3) is 0 Å². The quantitative estimate of drug-likeness (QED) is 0.184. The van der Waals surface area contributed by atoms with Gasteiger partial charge in [0.15, 0.2) is 0 Å². The van der Waals surface area contributed by atoms with E-state index in [1.54, 1.807) is 0 Å². The minimum atomic E-state index is -4.03. The Balaban J connectivity index is 1.33. The Morgan fingerprint density at radius 2 is 1.56 bits per heavy atom. The van der Waals surface area contributed by atoms with Gasteiger partial charge >= 0.3 is 17.2 Å². The molecule has 5 aliphatic rings. The second-order valence-electron chi connectivity index (χ2n) is 11.7. The van der Waals surface area contributed by atoms with Gasteiger partial charge in [-0.25, -0.2) is 4.79 Å². The van der Waals surface area contributed by atoms with Crippen LogP contribution in [0.2, 0.25) is 0 Å². The summed E-state index contributed by atoms with van der Waals surface area (Å²) in [6.07, 6.45) is 9.26. The predicted molar refractivity (Wildman–Crippen MR) is 116 cm³/mol. The molecule has 0 radical (unpaired) electrons. The number of rotatable bonds is 10. The molecule has 2 atom stereocenters. The average Bonchev–Trinajstić information content (AvgIpc) is 2.79. The molecule has 0 aliphatic heterocycles. The van der Waals surface area contributed by atoms with Crippen LogP contribution >= 0.6 is 12.0 Å². The highest BCUT2D eigenvalue weighted by Gasteiger charge is 2.59. The normalized spacial score (nSPS) is 37.1. The predicted octanol–water partition coefficient (Wildman–Crippen LogP) is 4.59. The van der Waals surface area contributed by atoms with E-state index in [2.05, 4.69) is 23.2 Å². The van der Waals surface area contributed by atoms with Gasteiger partial charge in [-0.3, -0.25) is 9.83 Å². The minimum absolute atomic E-state index is 0.0288. The molecule has 0 saturated heterocycles. The fourth-order valence-electron chi connectivity index (χ4n) is 7.74. The van der Waals surface area contributed by atoms with Gasteiger partial charge in [-0.05, 0) is 87.9 Å². The summed E-state index contributed by atoms with van der Waals surface area (Å²) < 4.78 is 42.1. The van der Waals surface area contributed by atoms with Crippen molar-refractivity contribution in [1.82, 2.24) is 0 Å². The molecule has 5 aliphatic carbocycles. The largest absolute Gasteiger partial charge is 0.691 e. The Labute approximate surface area is 203 Å². The van der Waals surface area contributed by atoms with E-state index in [1.807, 2.05) is 0 Å². The van der Waals surface area contributed by atoms with Crippen LogP contribution in [-0.2, 0) is 28.4 Å². The molecule has 2 unspecified atom stereocenters. The molecule has 0 spiro atoms. The Morgan fingerprint density at radius 1 is 1.00 bits per heavy atom. The summed E-state index contributed by atoms with van der Waals surface area (Å²) in [6.45, 7) is 4.72. The molecule has 0 heterocycles. The maximum Gasteiger partial charge on any atom is 0.415 e. The number of esters is 2. The van der Waals surface area contributed by atoms with Gasteiger partial charge in [0, 0.05) is 10.8 Å². The van der Waals surface area contributed by atoms with Crippen molar-refractivity contribution in [2.24, 2.45) is 40.4 Å². The van der Waals surface area contributed by atoms with Crippen molar-refractivity contribution in [3.8, 4) is 0 Å². The molecule has 34 heavy (non-hydrogen) atoms. The van der Waals surface area contributed by atoms with Crippen LogP contribution in [0.4, 0.5) is 8.78 Å². The Morgan fingerprint density at radius 3 is 2.09 bits per heavy atom. The van der Waals surface area contributed by atoms with Crippen molar-refractivity contribution in [3.05, 3.63) is 0 Å². The third-order valence-electron chi connectivity index (χ3n) is 8.79. The van der Waals surface area contributed by atoms with Crippen LogP contribution in [0.25, 0.3) is 0 Å². The zero-order valence-corrected chi connectivity index (χ0v) is 20.7. The zero-order valence-electron chi connectivity index (χ0n) is 19.9. The summed E-state index contributed by atoms with van der Waals surface area (Å²) in [5, 5.41) is 8.68. The molecule has 194 valence electrons. The Hall–Kier alpha value is -0.970. The van der Waals surface area contributed by atoms with Gasteiger partial charge in [0.05, 0.1) is 19.1 Å². The van der Waals surface area contributed by atoms with E-state index in [0.717, 1.165) is 57.8 Å². The van der Waals surface area contributed by atoms with Gasteiger partial charge < -0.3 is 14.7 Å². The summed E-state index contributed by atoms with van der Waals surface area (Å²) in [5.74, 6) is 0.289. The maximum absolute atomic E-state index is 13.8. The number of carbonyl (C=O) groups excluding carboxylic acids is 2. The van der Waals surface area contributed by atoms with E-state index in [-0.39, 0.29) is 29.3 Å². The van der Waals surface area contributed by atoms with Crippen LogP contribution < -0.4 is 5.26 Å². The van der Waals surface area contributed by atoms with E-state index in [0.29, 0.717) is 36.7 Å². The van der Waals surface area contributed by atoms with Gasteiger partial charge in [-0.1, -0.05) is 13.8 Å². The molecule has 5 fully saturated rings. The highest BCUT2D eigenvalue weighted by Crippen LogP contribution is 2.65. The smallest absolute Gasteiger partial charge is 0.415 e. The molecule has 5 saturated carbocycles. The van der Waals surface area contributed by atoms with Crippen LogP contribution in [0, 0.1) is 40.4 Å². The van der Waals surface area contributed by atoms with E-state index < -0.39 is 23.3 Å². The summed E-state index contributed by atoms with van der Waals surface area (Å²) >= 11 is -0.671. The number of ether oxygens (including phenoxy) is 2. The zero-order chi connectivity index (χ0) is 24.6. The monoisotopic (exact) mass is 505 g/mol. The number of alkyl halides is 2. The molecule has 0 amide bonds. The van der Waals surface area contributed by atoms with Gasteiger partial charge in [0.1, 0.15) is 12.0 Å². The van der Waals surface area contributed by atoms with Crippen LogP contribution in [0.1, 0.15) is 78.1 Å². The fraction of sp³-hybridized carbons (Fsp3) is 0.917. The highest BCUT2D eigenvalue weighted by atomic mass is 32.2. The summed E-state index contributed by atoms with van der Waals surface area (Å²) in [5.41, 5.74) is -0.545. The number of carbonyl (C=O) groups is 2. The van der Waals surface area contributed by atoms with E-state index >= 15 is 0 Å². The second kappa shape index (κ2) is 10.2. The number of hydrogen-bond donors (Lipinski definition) is 0. The first-order valence-electron chi connectivity index (χ1n) is 12.4. The van der Waals surface area contributed by atoms with Crippen molar-refractivity contribution in [1.29, 1.82) is 0 Å². The van der Waals surface area contributed by atoms with Crippen molar-refractivity contribution in [3.63, 3.8) is 0 Å². The second-order valence-corrected chi connectivity index (χ2v) is 12.6. The minimum Gasteiger partial charge on any atom is -0.691 e. The third-order valence-corrected chi connectivity index (χ3v) is 9.29. The molecule has 0 aromatic heterocycles. The van der Waals surface area contributed by atoms with E-state index in [1.165, 1.54) is 0 Å². The molecule has 7 nitrogen and oxygen atoms in total. The molecule has 0 N–H and O–H groups in total. The standard InChI is InChI=1S/C24H36F2O7S/c1-15(2)18-3-5-19(6-4-18)20(27)30-13-22-8-16-7-17(9-22)11-23(10-16,12-22)14-31-21(28)24(25,26)34-33-32-29/h15-19,29H,3-14H2,1-2H3/p-1. The van der Waals surface area contributed by atoms with Gasteiger partial charge in [-0.15, -0.1) is 0 Å². The summed E-state index contributed by atoms with van der Waals surface area (Å²) in [7, 11) is 0. The molecule has 5 rings (SSSR count). The first-order valence-corrected chi connectivity index (χ1v) is 13.2. The molecule has 4 bridgehead atoms. The first kappa shape index (κ1) is 26.1. The molecular weight excluding hydrogens is 470 g/mol. The van der Waals surface area contributed by atoms with Crippen molar-refractivity contribution in [2.75, 3.05) is 13.2 Å². The summed E-state index contributed by atoms with van der Waals surface area (Å²) in [6, 6.07) is 0. The lowest BCUT2D eigenvalue weighted by Gasteiger charge is -2.61. The van der Waals surface area contributed by atoms with E-state index in [9.17, 15) is 23.6 Å². The molecule has 0 aromatic carbocycles. The average molecular weight is 506 g/mol. The van der Waals surface area contributed by atoms with Crippen molar-refractivity contribution >= 4 is 24.0 Å². The Kier molecular flexibility index (Phi) is 7.82. The Bertz CT molecular complexity index is 740. The number of hydrogen-bond acceptors (Lipinski definition) is 8. The first-order chi connectivity index (χ1) is 16.1. The van der Waals surface area contributed by atoms with Crippen molar-refractivity contribution in [2.45, 2.75) is 83.3 Å². The lowest BCUT2D eigenvalue weighted by molar-refractivity contribution is -0.777. The van der Waals surface area contributed by atoms with Crippen LogP contribution in [-0.4, -0.2) is 30.4 Å². The van der Waals surface area contributed by atoms with Crippen molar-refractivity contribution < 1.29 is 42.5 Å². The van der Waals surface area contributed by atoms with E-state index in [4.69, 9.17) is 9.47 Å². The number of halogens is 2. The van der Waals surface area contributed by atoms with Gasteiger partial charge in [-0.2, -0.15) is 13.1 Å². The molecule has 10 heteroatoms. The van der Waals surface area contributed by atoms with Gasteiger partial charge in [0.2, 0.25) is 0 Å². The lowest BCUT2D eigenvalue weighted by atomic mass is 9.44. The SMILES string of the molecule is CC(C)C1CCC(C(=O)OCC23CC4CC(C2)CC(COC(=O)C(F)(F)SOO[O-])(C4)C3)CC1. The molecule has 0 aromatic rings. The third kappa shape index (κ3) is 5.71. The van der Waals surface area contributed by atoms with Crippen LogP contribution in [0.15, 0.2) is 0 Å². The fourth-order valence-corrected chi connectivity index (χ4v) is 7.98. The molecular formula is C24H35F2O7S-. The highest BCUT2D eigenvalue weighted by molar-refractivity contribution is 7.96.